The van der Waals surface area contributed by atoms with E-state index in [1.165, 1.54) is 0 Å². The average molecular weight is 501 g/mol. The number of rotatable bonds is 10. The summed E-state index contributed by atoms with van der Waals surface area (Å²) >= 11 is 0. The number of aryl methyl sites for hydroxylation is 1. The molecule has 2 heterocycles. The van der Waals surface area contributed by atoms with Crippen molar-refractivity contribution in [2.24, 2.45) is 0 Å². The number of hydrogen-bond acceptors (Lipinski definition) is 8. The van der Waals surface area contributed by atoms with E-state index in [0.29, 0.717) is 18.4 Å². The summed E-state index contributed by atoms with van der Waals surface area (Å²) in [6, 6.07) is 21.9. The quantitative estimate of drug-likeness (QED) is 0.283. The first-order valence-electron chi connectivity index (χ1n) is 12.6. The van der Waals surface area contributed by atoms with Crippen LogP contribution in [0.5, 0.6) is 23.3 Å². The lowest BCUT2D eigenvalue weighted by Crippen LogP contribution is -2.37. The fourth-order valence-electron chi connectivity index (χ4n) is 4.22. The van der Waals surface area contributed by atoms with E-state index in [0.717, 1.165) is 78.7 Å². The molecule has 0 bridgehead atoms. The number of ether oxygens (including phenoxy) is 4. The number of methoxy groups -OCH3 is 1. The summed E-state index contributed by atoms with van der Waals surface area (Å²) in [6.07, 6.45) is 0.958. The van der Waals surface area contributed by atoms with E-state index in [-0.39, 0.29) is 0 Å². The van der Waals surface area contributed by atoms with Gasteiger partial charge in [-0.05, 0) is 73.5 Å². The van der Waals surface area contributed by atoms with Crippen molar-refractivity contribution >= 4 is 22.4 Å². The molecule has 0 spiro atoms. The van der Waals surface area contributed by atoms with Gasteiger partial charge in [0.15, 0.2) is 0 Å². The number of aromatic nitrogens is 2. The Morgan fingerprint density at radius 2 is 1.73 bits per heavy atom. The summed E-state index contributed by atoms with van der Waals surface area (Å²) < 4.78 is 22.8. The number of anilines is 2. The number of nitrogens with one attached hydrogen (secondary N) is 1. The van der Waals surface area contributed by atoms with Crippen molar-refractivity contribution in [3.63, 3.8) is 0 Å². The second-order valence-electron chi connectivity index (χ2n) is 8.96. The lowest BCUT2D eigenvalue weighted by atomic mass is 10.2. The zero-order valence-electron chi connectivity index (χ0n) is 21.3. The van der Waals surface area contributed by atoms with Gasteiger partial charge in [-0.25, -0.2) is 0 Å². The molecule has 4 aromatic rings. The Morgan fingerprint density at radius 1 is 0.919 bits per heavy atom. The van der Waals surface area contributed by atoms with Gasteiger partial charge in [0.2, 0.25) is 0 Å². The molecule has 1 N–H and O–H groups in total. The third-order valence-electron chi connectivity index (χ3n) is 6.16. The normalized spacial score (nSPS) is 13.9. The summed E-state index contributed by atoms with van der Waals surface area (Å²) in [5, 5.41) is 4.25. The molecule has 0 amide bonds. The fraction of sp³-hybridized carbons (Fsp3) is 0.310. The molecule has 3 aromatic carbocycles. The Kier molecular flexibility index (Phi) is 7.98. The minimum Gasteiger partial charge on any atom is -0.494 e. The Hall–Kier alpha value is -3.88. The van der Waals surface area contributed by atoms with E-state index in [4.69, 9.17) is 18.9 Å². The molecule has 5 rings (SSSR count). The molecule has 37 heavy (non-hydrogen) atoms. The molecule has 1 aliphatic heterocycles. The summed E-state index contributed by atoms with van der Waals surface area (Å²) in [6.45, 7) is 7.30. The molecule has 0 atom stereocenters. The van der Waals surface area contributed by atoms with Gasteiger partial charge in [-0.3, -0.25) is 4.90 Å². The maximum absolute atomic E-state index is 6.06. The van der Waals surface area contributed by atoms with Crippen LogP contribution in [0.4, 0.5) is 11.5 Å². The van der Waals surface area contributed by atoms with Crippen molar-refractivity contribution in [2.45, 2.75) is 13.3 Å². The first kappa shape index (κ1) is 24.8. The maximum Gasteiger partial charge on any atom is 0.318 e. The van der Waals surface area contributed by atoms with Gasteiger partial charge in [0.25, 0.3) is 0 Å². The van der Waals surface area contributed by atoms with Gasteiger partial charge < -0.3 is 24.3 Å². The van der Waals surface area contributed by atoms with Crippen molar-refractivity contribution in [1.29, 1.82) is 0 Å². The highest BCUT2D eigenvalue weighted by Crippen LogP contribution is 2.30. The lowest BCUT2D eigenvalue weighted by molar-refractivity contribution is 0.0358. The zero-order valence-corrected chi connectivity index (χ0v) is 21.3. The van der Waals surface area contributed by atoms with Crippen LogP contribution >= 0.6 is 0 Å². The lowest BCUT2D eigenvalue weighted by Gasteiger charge is -2.26. The van der Waals surface area contributed by atoms with Gasteiger partial charge in [-0.15, -0.1) is 0 Å². The van der Waals surface area contributed by atoms with Crippen molar-refractivity contribution in [1.82, 2.24) is 14.9 Å². The van der Waals surface area contributed by atoms with Crippen LogP contribution in [-0.4, -0.2) is 61.4 Å². The molecular formula is C29H32N4O4. The van der Waals surface area contributed by atoms with Crippen molar-refractivity contribution in [3.05, 3.63) is 72.3 Å². The van der Waals surface area contributed by atoms with Crippen LogP contribution in [0.1, 0.15) is 12.0 Å². The van der Waals surface area contributed by atoms with E-state index in [2.05, 4.69) is 20.2 Å². The van der Waals surface area contributed by atoms with Gasteiger partial charge in [0.05, 0.1) is 32.4 Å². The predicted octanol–water partition coefficient (Wildman–Crippen LogP) is 5.58. The fourth-order valence-corrected chi connectivity index (χ4v) is 4.22. The molecule has 0 radical (unpaired) electrons. The largest absolute Gasteiger partial charge is 0.494 e. The average Bonchev–Trinajstić information content (AvgIpc) is 2.93. The highest BCUT2D eigenvalue weighted by Gasteiger charge is 2.12. The summed E-state index contributed by atoms with van der Waals surface area (Å²) in [7, 11) is 1.56. The van der Waals surface area contributed by atoms with Crippen LogP contribution in [0.2, 0.25) is 0 Å². The van der Waals surface area contributed by atoms with Gasteiger partial charge in [-0.2, -0.15) is 9.97 Å². The van der Waals surface area contributed by atoms with Gasteiger partial charge in [0.1, 0.15) is 23.1 Å². The SMILES string of the molecule is COc1nc(Nc2ccc(Oc3cccc(C)c3)cc2)c2cc(OCCCN3CCOCC3)ccc2n1. The summed E-state index contributed by atoms with van der Waals surface area (Å²) in [5.74, 6) is 3.00. The van der Waals surface area contributed by atoms with Crippen molar-refractivity contribution in [3.8, 4) is 23.3 Å². The van der Waals surface area contributed by atoms with E-state index in [1.54, 1.807) is 7.11 Å². The molecule has 8 heteroatoms. The van der Waals surface area contributed by atoms with E-state index in [1.807, 2.05) is 73.7 Å². The van der Waals surface area contributed by atoms with Crippen LogP contribution in [0.3, 0.4) is 0 Å². The highest BCUT2D eigenvalue weighted by molar-refractivity contribution is 5.92. The minimum atomic E-state index is 0.300. The van der Waals surface area contributed by atoms with Gasteiger partial charge in [0, 0.05) is 30.7 Å². The summed E-state index contributed by atoms with van der Waals surface area (Å²) in [4.78, 5) is 11.5. The molecule has 1 saturated heterocycles. The van der Waals surface area contributed by atoms with Gasteiger partial charge in [-0.1, -0.05) is 12.1 Å². The van der Waals surface area contributed by atoms with Crippen LogP contribution in [0.25, 0.3) is 10.9 Å². The number of morpholine rings is 1. The molecule has 0 unspecified atom stereocenters. The van der Waals surface area contributed by atoms with Crippen molar-refractivity contribution < 1.29 is 18.9 Å². The van der Waals surface area contributed by atoms with E-state index >= 15 is 0 Å². The maximum atomic E-state index is 6.06. The number of hydrogen-bond donors (Lipinski definition) is 1. The Bertz CT molecular complexity index is 1320. The van der Waals surface area contributed by atoms with E-state index < -0.39 is 0 Å². The minimum absolute atomic E-state index is 0.300. The predicted molar refractivity (Wildman–Crippen MR) is 144 cm³/mol. The second-order valence-corrected chi connectivity index (χ2v) is 8.96. The van der Waals surface area contributed by atoms with Crippen LogP contribution < -0.4 is 19.5 Å². The Balaban J connectivity index is 1.27. The topological polar surface area (TPSA) is 78.0 Å². The highest BCUT2D eigenvalue weighted by atomic mass is 16.5. The molecule has 1 aliphatic rings. The monoisotopic (exact) mass is 500 g/mol. The van der Waals surface area contributed by atoms with Crippen LogP contribution in [0, 0.1) is 6.92 Å². The second kappa shape index (κ2) is 11.9. The smallest absolute Gasteiger partial charge is 0.318 e. The van der Waals surface area contributed by atoms with E-state index in [9.17, 15) is 0 Å². The number of fused-ring (bicyclic) bond motifs is 1. The summed E-state index contributed by atoms with van der Waals surface area (Å²) in [5.41, 5.74) is 2.80. The molecule has 1 aromatic heterocycles. The van der Waals surface area contributed by atoms with Gasteiger partial charge >= 0.3 is 6.01 Å². The number of benzene rings is 3. The molecular weight excluding hydrogens is 468 g/mol. The standard InChI is InChI=1S/C29H32N4O4/c1-21-5-3-6-25(19-21)37-23-9-7-22(8-10-23)30-28-26-20-24(11-12-27(26)31-29(32-28)34-2)36-16-4-13-33-14-17-35-18-15-33/h3,5-12,19-20H,4,13-18H2,1-2H3,(H,30,31,32). The molecule has 1 fully saturated rings. The third kappa shape index (κ3) is 6.67. The molecule has 192 valence electrons. The molecule has 0 aliphatic carbocycles. The molecule has 0 saturated carbocycles. The zero-order chi connectivity index (χ0) is 25.5. The third-order valence-corrected chi connectivity index (χ3v) is 6.16. The first-order chi connectivity index (χ1) is 18.2. The van der Waals surface area contributed by atoms with Crippen LogP contribution in [-0.2, 0) is 4.74 Å². The van der Waals surface area contributed by atoms with Crippen LogP contribution in [0.15, 0.2) is 66.7 Å². The molecule has 8 nitrogen and oxygen atoms in total. The van der Waals surface area contributed by atoms with Crippen molar-refractivity contribution in [2.75, 3.05) is 51.9 Å². The first-order valence-corrected chi connectivity index (χ1v) is 12.6. The number of nitrogens with zero attached hydrogens (tertiary/aromatic N) is 3. The Morgan fingerprint density at radius 3 is 2.51 bits per heavy atom. The Labute approximate surface area is 217 Å².